The third-order valence-electron chi connectivity index (χ3n) is 2.45. The Hall–Kier alpha value is -0.770. The van der Waals surface area contributed by atoms with Gasteiger partial charge in [0.25, 0.3) is 0 Å². The van der Waals surface area contributed by atoms with E-state index in [4.69, 9.17) is 17.3 Å². The first-order valence-corrected chi connectivity index (χ1v) is 6.07. The van der Waals surface area contributed by atoms with Gasteiger partial charge >= 0.3 is 0 Å². The Balaban J connectivity index is 2.37. The molecule has 0 saturated heterocycles. The smallest absolute Gasteiger partial charge is 0.0581 e. The molecule has 0 aliphatic rings. The lowest BCUT2D eigenvalue weighted by Gasteiger charge is -2.04. The molecular formula is C11H13ClN2S. The maximum absolute atomic E-state index is 5.91. The molecule has 2 N–H and O–H groups in total. The van der Waals surface area contributed by atoms with E-state index in [1.54, 1.807) is 11.3 Å². The van der Waals surface area contributed by atoms with E-state index in [-0.39, 0.29) is 0 Å². The van der Waals surface area contributed by atoms with Crippen LogP contribution in [0.25, 0.3) is 10.6 Å². The van der Waals surface area contributed by atoms with Gasteiger partial charge in [0.05, 0.1) is 15.6 Å². The van der Waals surface area contributed by atoms with Crippen LogP contribution in [0.1, 0.15) is 5.69 Å². The molecule has 0 aliphatic carbocycles. The van der Waals surface area contributed by atoms with Gasteiger partial charge in [-0.05, 0) is 31.2 Å². The fraction of sp³-hybridized carbons (Fsp3) is 0.273. The van der Waals surface area contributed by atoms with Crippen LogP contribution in [0.4, 0.5) is 0 Å². The highest BCUT2D eigenvalue weighted by Crippen LogP contribution is 2.30. The van der Waals surface area contributed by atoms with Crippen LogP contribution in [-0.4, -0.2) is 11.1 Å². The number of nitrogens with zero attached hydrogens (tertiary/aromatic N) is 1. The Morgan fingerprint density at radius 2 is 2.27 bits per heavy atom. The number of thiophene rings is 1. The van der Waals surface area contributed by atoms with E-state index in [1.165, 1.54) is 16.3 Å². The van der Waals surface area contributed by atoms with Gasteiger partial charge in [-0.1, -0.05) is 11.6 Å². The number of nitrogens with two attached hydrogens (primary N) is 1. The number of aromatic nitrogens is 1. The first kappa shape index (κ1) is 10.7. The number of hydrogen-bond donors (Lipinski definition) is 1. The molecule has 0 fully saturated rings. The summed E-state index contributed by atoms with van der Waals surface area (Å²) in [5.41, 5.74) is 8.01. The second kappa shape index (κ2) is 4.39. The van der Waals surface area contributed by atoms with Gasteiger partial charge in [-0.25, -0.2) is 0 Å². The molecule has 0 atom stereocenters. The fourth-order valence-electron chi connectivity index (χ4n) is 1.65. The second-order valence-corrected chi connectivity index (χ2v) is 4.78. The van der Waals surface area contributed by atoms with Gasteiger partial charge in [-0.2, -0.15) is 0 Å². The summed E-state index contributed by atoms with van der Waals surface area (Å²) in [7, 11) is 2.06. The van der Waals surface area contributed by atoms with Crippen LogP contribution in [0.2, 0.25) is 5.02 Å². The van der Waals surface area contributed by atoms with Crippen LogP contribution in [0.15, 0.2) is 23.6 Å². The monoisotopic (exact) mass is 240 g/mol. The van der Waals surface area contributed by atoms with Gasteiger partial charge in [0, 0.05) is 18.1 Å². The Labute approximate surface area is 98.3 Å². The average molecular weight is 241 g/mol. The lowest BCUT2D eigenvalue weighted by Crippen LogP contribution is -2.06. The van der Waals surface area contributed by atoms with Crippen molar-refractivity contribution in [2.24, 2.45) is 12.8 Å². The fourth-order valence-corrected chi connectivity index (χ4v) is 2.78. The van der Waals surface area contributed by atoms with Gasteiger partial charge < -0.3 is 10.3 Å². The number of halogens is 1. The van der Waals surface area contributed by atoms with E-state index in [9.17, 15) is 0 Å². The lowest BCUT2D eigenvalue weighted by atomic mass is 10.3. The molecule has 0 aliphatic heterocycles. The number of rotatable bonds is 3. The van der Waals surface area contributed by atoms with Crippen molar-refractivity contribution in [1.82, 2.24) is 4.57 Å². The zero-order chi connectivity index (χ0) is 10.8. The predicted molar refractivity (Wildman–Crippen MR) is 66.5 cm³/mol. The van der Waals surface area contributed by atoms with Crippen LogP contribution in [0.5, 0.6) is 0 Å². The summed E-state index contributed by atoms with van der Waals surface area (Å²) in [4.78, 5) is 1.20. The highest BCUT2D eigenvalue weighted by atomic mass is 35.5. The molecule has 4 heteroatoms. The zero-order valence-corrected chi connectivity index (χ0v) is 10.1. The normalized spacial score (nSPS) is 10.9. The first-order valence-electron chi connectivity index (χ1n) is 4.81. The summed E-state index contributed by atoms with van der Waals surface area (Å²) in [5, 5.41) is 2.75. The molecule has 80 valence electrons. The molecule has 0 radical (unpaired) electrons. The van der Waals surface area contributed by atoms with Crippen molar-refractivity contribution in [1.29, 1.82) is 0 Å². The summed E-state index contributed by atoms with van der Waals surface area (Å²) in [6.45, 7) is 0.683. The SMILES string of the molecule is Cn1c(CCN)ccc1-c1cc(Cl)cs1. The second-order valence-electron chi connectivity index (χ2n) is 3.44. The third kappa shape index (κ3) is 2.09. The summed E-state index contributed by atoms with van der Waals surface area (Å²) in [6.07, 6.45) is 0.912. The van der Waals surface area contributed by atoms with E-state index < -0.39 is 0 Å². The quantitative estimate of drug-likeness (QED) is 0.879. The van der Waals surface area contributed by atoms with Crippen molar-refractivity contribution in [3.63, 3.8) is 0 Å². The summed E-state index contributed by atoms with van der Waals surface area (Å²) < 4.78 is 2.18. The maximum atomic E-state index is 5.91. The van der Waals surface area contributed by atoms with Crippen LogP contribution in [-0.2, 0) is 13.5 Å². The van der Waals surface area contributed by atoms with Crippen molar-refractivity contribution in [3.05, 3.63) is 34.3 Å². The van der Waals surface area contributed by atoms with Gasteiger partial charge in [0.1, 0.15) is 0 Å². The van der Waals surface area contributed by atoms with Gasteiger partial charge in [-0.3, -0.25) is 0 Å². The van der Waals surface area contributed by atoms with Crippen LogP contribution in [0, 0.1) is 0 Å². The summed E-state index contributed by atoms with van der Waals surface area (Å²) in [5.74, 6) is 0. The minimum absolute atomic E-state index is 0.683. The molecule has 15 heavy (non-hydrogen) atoms. The van der Waals surface area contributed by atoms with Crippen molar-refractivity contribution in [2.75, 3.05) is 6.54 Å². The Morgan fingerprint density at radius 1 is 1.47 bits per heavy atom. The topological polar surface area (TPSA) is 30.9 Å². The molecular weight excluding hydrogens is 228 g/mol. The summed E-state index contributed by atoms with van der Waals surface area (Å²) >= 11 is 7.58. The van der Waals surface area contributed by atoms with Gasteiger partial charge in [0.15, 0.2) is 0 Å². The molecule has 0 amide bonds. The molecule has 2 aromatic heterocycles. The lowest BCUT2D eigenvalue weighted by molar-refractivity contribution is 0.813. The molecule has 2 aromatic rings. The van der Waals surface area contributed by atoms with Gasteiger partial charge in [-0.15, -0.1) is 11.3 Å². The third-order valence-corrected chi connectivity index (χ3v) is 3.75. The highest BCUT2D eigenvalue weighted by molar-refractivity contribution is 7.14. The minimum atomic E-state index is 0.683. The molecule has 0 saturated carbocycles. The molecule has 0 spiro atoms. The van der Waals surface area contributed by atoms with Gasteiger partial charge in [0.2, 0.25) is 0 Å². The largest absolute Gasteiger partial charge is 0.347 e. The standard InChI is InChI=1S/C11H13ClN2S/c1-14-9(4-5-13)2-3-10(14)11-6-8(12)7-15-11/h2-3,6-7H,4-5,13H2,1H3. The Morgan fingerprint density at radius 3 is 2.87 bits per heavy atom. The van der Waals surface area contributed by atoms with E-state index >= 15 is 0 Å². The molecule has 0 aromatic carbocycles. The van der Waals surface area contributed by atoms with E-state index in [0.29, 0.717) is 6.54 Å². The predicted octanol–water partition coefficient (Wildman–Crippen LogP) is 2.91. The van der Waals surface area contributed by atoms with E-state index in [0.717, 1.165) is 11.4 Å². The first-order chi connectivity index (χ1) is 7.22. The van der Waals surface area contributed by atoms with E-state index in [2.05, 4.69) is 23.7 Å². The summed E-state index contributed by atoms with van der Waals surface area (Å²) in [6, 6.07) is 6.23. The Bertz CT molecular complexity index is 459. The van der Waals surface area contributed by atoms with Crippen LogP contribution < -0.4 is 5.73 Å². The highest BCUT2D eigenvalue weighted by Gasteiger charge is 2.08. The molecule has 2 rings (SSSR count). The zero-order valence-electron chi connectivity index (χ0n) is 8.53. The molecule has 0 unspecified atom stereocenters. The minimum Gasteiger partial charge on any atom is -0.347 e. The number of hydrogen-bond acceptors (Lipinski definition) is 2. The molecule has 2 nitrogen and oxygen atoms in total. The van der Waals surface area contributed by atoms with Crippen molar-refractivity contribution in [3.8, 4) is 10.6 Å². The van der Waals surface area contributed by atoms with Crippen LogP contribution in [0.3, 0.4) is 0 Å². The van der Waals surface area contributed by atoms with Crippen molar-refractivity contribution in [2.45, 2.75) is 6.42 Å². The molecule has 2 heterocycles. The van der Waals surface area contributed by atoms with Crippen LogP contribution >= 0.6 is 22.9 Å². The maximum Gasteiger partial charge on any atom is 0.0581 e. The van der Waals surface area contributed by atoms with Crippen molar-refractivity contribution < 1.29 is 0 Å². The Kier molecular flexibility index (Phi) is 3.14. The molecule has 0 bridgehead atoms. The average Bonchev–Trinajstić information content (AvgIpc) is 2.76. The van der Waals surface area contributed by atoms with E-state index in [1.807, 2.05) is 11.4 Å². The van der Waals surface area contributed by atoms with Crippen molar-refractivity contribution >= 4 is 22.9 Å².